The molecular formula is C16H17FO2. The maximum absolute atomic E-state index is 13.9. The Hall–Kier alpha value is -1.87. The Morgan fingerprint density at radius 3 is 2.47 bits per heavy atom. The van der Waals surface area contributed by atoms with Crippen LogP contribution in [-0.2, 0) is 0 Å². The van der Waals surface area contributed by atoms with Crippen molar-refractivity contribution in [2.45, 2.75) is 26.9 Å². The van der Waals surface area contributed by atoms with Crippen molar-refractivity contribution in [3.05, 3.63) is 58.9 Å². The predicted octanol–water partition coefficient (Wildman–Crippen LogP) is 4.29. The molecule has 0 bridgehead atoms. The molecule has 0 saturated heterocycles. The average Bonchev–Trinajstić information content (AvgIpc) is 2.37. The average molecular weight is 260 g/mol. The molecule has 0 aromatic heterocycles. The fourth-order valence-corrected chi connectivity index (χ4v) is 1.81. The summed E-state index contributed by atoms with van der Waals surface area (Å²) >= 11 is 0. The van der Waals surface area contributed by atoms with E-state index in [9.17, 15) is 9.50 Å². The Kier molecular flexibility index (Phi) is 3.86. The maximum atomic E-state index is 13.9. The lowest BCUT2D eigenvalue weighted by Gasteiger charge is -2.12. The van der Waals surface area contributed by atoms with Gasteiger partial charge >= 0.3 is 0 Å². The van der Waals surface area contributed by atoms with E-state index in [1.165, 1.54) is 6.07 Å². The fraction of sp³-hybridized carbons (Fsp3) is 0.250. The van der Waals surface area contributed by atoms with E-state index in [2.05, 4.69) is 0 Å². The molecule has 0 spiro atoms. The van der Waals surface area contributed by atoms with Gasteiger partial charge in [-0.05, 0) is 55.7 Å². The lowest BCUT2D eigenvalue weighted by Crippen LogP contribution is -1.96. The summed E-state index contributed by atoms with van der Waals surface area (Å²) in [6.07, 6.45) is -0.691. The van der Waals surface area contributed by atoms with Crippen LogP contribution in [-0.4, -0.2) is 5.11 Å². The summed E-state index contributed by atoms with van der Waals surface area (Å²) in [5, 5.41) is 9.40. The van der Waals surface area contributed by atoms with Gasteiger partial charge in [-0.3, -0.25) is 0 Å². The standard InChI is InChI=1S/C16H17FO2/c1-10-5-4-6-15(11(10)2)19-16-8-7-13(12(3)18)9-14(16)17/h4-9,12,18H,1-3H3/t12-/m1/s1. The second-order valence-corrected chi connectivity index (χ2v) is 4.67. The van der Waals surface area contributed by atoms with Crippen LogP contribution in [0.2, 0.25) is 0 Å². The molecule has 2 nitrogen and oxygen atoms in total. The smallest absolute Gasteiger partial charge is 0.166 e. The van der Waals surface area contributed by atoms with E-state index in [1.807, 2.05) is 32.0 Å². The van der Waals surface area contributed by atoms with E-state index in [1.54, 1.807) is 19.1 Å². The van der Waals surface area contributed by atoms with Crippen LogP contribution in [0.4, 0.5) is 4.39 Å². The van der Waals surface area contributed by atoms with Gasteiger partial charge in [0.05, 0.1) is 6.10 Å². The summed E-state index contributed by atoms with van der Waals surface area (Å²) in [6, 6.07) is 10.2. The molecule has 0 radical (unpaired) electrons. The summed E-state index contributed by atoms with van der Waals surface area (Å²) in [7, 11) is 0. The summed E-state index contributed by atoms with van der Waals surface area (Å²) in [4.78, 5) is 0. The second-order valence-electron chi connectivity index (χ2n) is 4.67. The quantitative estimate of drug-likeness (QED) is 0.892. The highest BCUT2D eigenvalue weighted by molar-refractivity contribution is 5.42. The minimum atomic E-state index is -0.691. The highest BCUT2D eigenvalue weighted by atomic mass is 19.1. The lowest BCUT2D eigenvalue weighted by atomic mass is 10.1. The molecule has 0 aliphatic heterocycles. The first-order chi connectivity index (χ1) is 8.99. The van der Waals surface area contributed by atoms with Crippen molar-refractivity contribution >= 4 is 0 Å². The predicted molar refractivity (Wildman–Crippen MR) is 73.0 cm³/mol. The van der Waals surface area contributed by atoms with Crippen molar-refractivity contribution in [3.63, 3.8) is 0 Å². The molecule has 2 aromatic rings. The Balaban J connectivity index is 2.31. The molecule has 2 aromatic carbocycles. The van der Waals surface area contributed by atoms with Gasteiger partial charge in [-0.15, -0.1) is 0 Å². The van der Waals surface area contributed by atoms with Gasteiger partial charge in [-0.1, -0.05) is 18.2 Å². The minimum Gasteiger partial charge on any atom is -0.454 e. The van der Waals surface area contributed by atoms with Gasteiger partial charge in [0.25, 0.3) is 0 Å². The molecule has 1 N–H and O–H groups in total. The SMILES string of the molecule is Cc1cccc(Oc2ccc([C@@H](C)O)cc2F)c1C. The van der Waals surface area contributed by atoms with Gasteiger partial charge in [-0.25, -0.2) is 4.39 Å². The molecule has 0 unspecified atom stereocenters. The number of aryl methyl sites for hydroxylation is 1. The van der Waals surface area contributed by atoms with Crippen LogP contribution in [0.3, 0.4) is 0 Å². The van der Waals surface area contributed by atoms with Crippen LogP contribution in [0.15, 0.2) is 36.4 Å². The topological polar surface area (TPSA) is 29.5 Å². The zero-order valence-corrected chi connectivity index (χ0v) is 11.3. The van der Waals surface area contributed by atoms with Crippen molar-refractivity contribution in [1.29, 1.82) is 0 Å². The van der Waals surface area contributed by atoms with Gasteiger partial charge in [0.1, 0.15) is 5.75 Å². The zero-order valence-electron chi connectivity index (χ0n) is 11.3. The normalized spacial score (nSPS) is 12.3. The molecule has 100 valence electrons. The van der Waals surface area contributed by atoms with Crippen molar-refractivity contribution in [2.24, 2.45) is 0 Å². The third kappa shape index (κ3) is 2.93. The Labute approximate surface area is 112 Å². The number of hydrogen-bond acceptors (Lipinski definition) is 2. The molecule has 0 fully saturated rings. The van der Waals surface area contributed by atoms with Gasteiger partial charge < -0.3 is 9.84 Å². The van der Waals surface area contributed by atoms with Crippen LogP contribution in [0, 0.1) is 19.7 Å². The number of halogens is 1. The third-order valence-corrected chi connectivity index (χ3v) is 3.21. The van der Waals surface area contributed by atoms with E-state index in [-0.39, 0.29) is 5.75 Å². The maximum Gasteiger partial charge on any atom is 0.166 e. The Morgan fingerprint density at radius 2 is 1.84 bits per heavy atom. The Morgan fingerprint density at radius 1 is 1.11 bits per heavy atom. The van der Waals surface area contributed by atoms with E-state index < -0.39 is 11.9 Å². The molecule has 0 saturated carbocycles. The van der Waals surface area contributed by atoms with E-state index in [0.717, 1.165) is 11.1 Å². The highest BCUT2D eigenvalue weighted by Crippen LogP contribution is 2.30. The second kappa shape index (κ2) is 5.41. The molecule has 3 heteroatoms. The fourth-order valence-electron chi connectivity index (χ4n) is 1.81. The molecule has 2 rings (SSSR count). The first-order valence-electron chi connectivity index (χ1n) is 6.20. The molecule has 0 aliphatic rings. The summed E-state index contributed by atoms with van der Waals surface area (Å²) in [5.41, 5.74) is 2.62. The van der Waals surface area contributed by atoms with Crippen LogP contribution < -0.4 is 4.74 Å². The first kappa shape index (κ1) is 13.6. The molecule has 19 heavy (non-hydrogen) atoms. The lowest BCUT2D eigenvalue weighted by molar-refractivity contribution is 0.198. The number of rotatable bonds is 3. The van der Waals surface area contributed by atoms with E-state index in [4.69, 9.17) is 4.74 Å². The third-order valence-electron chi connectivity index (χ3n) is 3.21. The van der Waals surface area contributed by atoms with Gasteiger partial charge in [0, 0.05) is 0 Å². The van der Waals surface area contributed by atoms with Gasteiger partial charge in [0.15, 0.2) is 11.6 Å². The molecule has 1 atom stereocenters. The summed E-state index contributed by atoms with van der Waals surface area (Å²) in [6.45, 7) is 5.52. The number of aliphatic hydroxyl groups is 1. The van der Waals surface area contributed by atoms with Crippen LogP contribution in [0.25, 0.3) is 0 Å². The van der Waals surface area contributed by atoms with Crippen molar-refractivity contribution < 1.29 is 14.2 Å². The van der Waals surface area contributed by atoms with Gasteiger partial charge in [0.2, 0.25) is 0 Å². The monoisotopic (exact) mass is 260 g/mol. The van der Waals surface area contributed by atoms with E-state index in [0.29, 0.717) is 11.3 Å². The van der Waals surface area contributed by atoms with Crippen molar-refractivity contribution in [1.82, 2.24) is 0 Å². The first-order valence-corrected chi connectivity index (χ1v) is 6.20. The Bertz CT molecular complexity index is 591. The molecular weight excluding hydrogens is 243 g/mol. The summed E-state index contributed by atoms with van der Waals surface area (Å²) < 4.78 is 19.5. The van der Waals surface area contributed by atoms with E-state index >= 15 is 0 Å². The van der Waals surface area contributed by atoms with Crippen LogP contribution in [0.5, 0.6) is 11.5 Å². The minimum absolute atomic E-state index is 0.165. The zero-order chi connectivity index (χ0) is 14.0. The number of benzene rings is 2. The van der Waals surface area contributed by atoms with Crippen molar-refractivity contribution in [2.75, 3.05) is 0 Å². The largest absolute Gasteiger partial charge is 0.454 e. The van der Waals surface area contributed by atoms with Gasteiger partial charge in [-0.2, -0.15) is 0 Å². The highest BCUT2D eigenvalue weighted by Gasteiger charge is 2.10. The number of aliphatic hydroxyl groups excluding tert-OH is 1. The molecule has 0 aliphatic carbocycles. The molecule has 0 amide bonds. The van der Waals surface area contributed by atoms with Crippen LogP contribution >= 0.6 is 0 Å². The number of ether oxygens (including phenoxy) is 1. The van der Waals surface area contributed by atoms with Crippen molar-refractivity contribution in [3.8, 4) is 11.5 Å². The number of hydrogen-bond donors (Lipinski definition) is 1. The van der Waals surface area contributed by atoms with Crippen LogP contribution in [0.1, 0.15) is 29.7 Å². The summed E-state index contributed by atoms with van der Waals surface area (Å²) in [5.74, 6) is 0.334. The molecule has 0 heterocycles.